The molecule has 0 aliphatic carbocycles. The number of nitrogens with two attached hydrogens (primary N) is 1. The molecule has 11 heavy (non-hydrogen) atoms. The van der Waals surface area contributed by atoms with Crippen LogP contribution in [0, 0.1) is 11.3 Å². The van der Waals surface area contributed by atoms with E-state index in [1.54, 1.807) is 6.07 Å². The van der Waals surface area contributed by atoms with Crippen molar-refractivity contribution in [3.8, 4) is 6.07 Å². The van der Waals surface area contributed by atoms with E-state index in [1.165, 1.54) is 0 Å². The molecule has 0 aromatic rings. The van der Waals surface area contributed by atoms with Crippen molar-refractivity contribution < 1.29 is 9.59 Å². The van der Waals surface area contributed by atoms with Crippen LogP contribution < -0.4 is 5.73 Å². The van der Waals surface area contributed by atoms with E-state index in [4.69, 9.17) is 11.0 Å². The molecule has 5 heteroatoms. The molecule has 1 saturated heterocycles. The predicted molar refractivity (Wildman–Crippen MR) is 34.9 cm³/mol. The maximum atomic E-state index is 10.9. The lowest BCUT2D eigenvalue weighted by molar-refractivity contribution is -0.137. The van der Waals surface area contributed by atoms with Gasteiger partial charge in [0.2, 0.25) is 11.8 Å². The van der Waals surface area contributed by atoms with Crippen molar-refractivity contribution in [2.75, 3.05) is 6.54 Å². The van der Waals surface area contributed by atoms with Crippen LogP contribution in [0.25, 0.3) is 0 Å². The van der Waals surface area contributed by atoms with Gasteiger partial charge in [0.15, 0.2) is 0 Å². The zero-order valence-corrected chi connectivity index (χ0v) is 5.78. The average molecular weight is 153 g/mol. The summed E-state index contributed by atoms with van der Waals surface area (Å²) in [6.07, 6.45) is 0.0283. The maximum Gasteiger partial charge on any atom is 0.247 e. The smallest absolute Gasteiger partial charge is 0.247 e. The van der Waals surface area contributed by atoms with Crippen LogP contribution in [-0.2, 0) is 9.59 Å². The lowest BCUT2D eigenvalue weighted by atomic mass is 10.3. The van der Waals surface area contributed by atoms with Crippen LogP contribution in [0.15, 0.2) is 0 Å². The Morgan fingerprint density at radius 2 is 2.36 bits per heavy atom. The Balaban J connectivity index is 2.73. The van der Waals surface area contributed by atoms with Crippen LogP contribution in [0.5, 0.6) is 0 Å². The fourth-order valence-corrected chi connectivity index (χ4v) is 0.946. The minimum Gasteiger partial charge on any atom is -0.319 e. The first kappa shape index (κ1) is 7.69. The predicted octanol–water partition coefficient (Wildman–Crippen LogP) is -1.40. The summed E-state index contributed by atoms with van der Waals surface area (Å²) in [7, 11) is 0. The number of hydrogen-bond donors (Lipinski definition) is 1. The molecule has 0 spiro atoms. The first-order valence-corrected chi connectivity index (χ1v) is 3.13. The molecule has 1 atom stereocenters. The molecule has 0 saturated carbocycles. The number of nitriles is 1. The van der Waals surface area contributed by atoms with Gasteiger partial charge in [-0.1, -0.05) is 0 Å². The zero-order valence-electron chi connectivity index (χ0n) is 5.78. The zero-order chi connectivity index (χ0) is 8.43. The standard InChI is InChI=1S/C6H7N3O2/c7-1-2-9-5(10)3-4(8)6(9)11/h4H,2-3,8H2/t4-/m0/s1. The molecule has 5 nitrogen and oxygen atoms in total. The number of carbonyl (C=O) groups is 2. The number of likely N-dealkylation sites (tertiary alicyclic amines) is 1. The fraction of sp³-hybridized carbons (Fsp3) is 0.500. The van der Waals surface area contributed by atoms with Gasteiger partial charge in [-0.3, -0.25) is 14.5 Å². The van der Waals surface area contributed by atoms with Crippen molar-refractivity contribution in [3.05, 3.63) is 0 Å². The highest BCUT2D eigenvalue weighted by molar-refractivity contribution is 6.05. The summed E-state index contributed by atoms with van der Waals surface area (Å²) < 4.78 is 0. The van der Waals surface area contributed by atoms with Crippen LogP contribution in [-0.4, -0.2) is 29.3 Å². The highest BCUT2D eigenvalue weighted by Gasteiger charge is 2.35. The van der Waals surface area contributed by atoms with Crippen molar-refractivity contribution in [1.82, 2.24) is 4.90 Å². The van der Waals surface area contributed by atoms with Gasteiger partial charge in [-0.25, -0.2) is 0 Å². The summed E-state index contributed by atoms with van der Waals surface area (Å²) in [6.45, 7) is -0.189. The van der Waals surface area contributed by atoms with Crippen LogP contribution in [0.4, 0.5) is 0 Å². The number of rotatable bonds is 1. The Bertz CT molecular complexity index is 243. The van der Waals surface area contributed by atoms with E-state index in [-0.39, 0.29) is 18.9 Å². The molecule has 0 bridgehead atoms. The van der Waals surface area contributed by atoms with Crippen molar-refractivity contribution >= 4 is 11.8 Å². The largest absolute Gasteiger partial charge is 0.319 e. The minimum absolute atomic E-state index is 0.0283. The second-order valence-electron chi connectivity index (χ2n) is 2.29. The van der Waals surface area contributed by atoms with Crippen molar-refractivity contribution in [2.24, 2.45) is 5.73 Å². The molecule has 0 radical (unpaired) electrons. The van der Waals surface area contributed by atoms with Crippen molar-refractivity contribution in [1.29, 1.82) is 5.26 Å². The first-order chi connectivity index (χ1) is 5.16. The third kappa shape index (κ3) is 1.21. The van der Waals surface area contributed by atoms with E-state index < -0.39 is 11.9 Å². The Hall–Kier alpha value is -1.41. The van der Waals surface area contributed by atoms with Gasteiger partial charge in [0.05, 0.1) is 18.5 Å². The molecule has 0 aromatic heterocycles. The summed E-state index contributed by atoms with van der Waals surface area (Å²) in [5.41, 5.74) is 5.27. The Labute approximate surface area is 63.4 Å². The highest BCUT2D eigenvalue weighted by atomic mass is 16.2. The normalized spacial score (nSPS) is 24.0. The Morgan fingerprint density at radius 1 is 1.73 bits per heavy atom. The average Bonchev–Trinajstić information content (AvgIpc) is 2.17. The van der Waals surface area contributed by atoms with E-state index in [1.807, 2.05) is 0 Å². The molecule has 1 rings (SSSR count). The van der Waals surface area contributed by atoms with E-state index in [2.05, 4.69) is 0 Å². The summed E-state index contributed by atoms with van der Waals surface area (Å²) >= 11 is 0. The van der Waals surface area contributed by atoms with Crippen molar-refractivity contribution in [2.45, 2.75) is 12.5 Å². The topological polar surface area (TPSA) is 87.2 Å². The summed E-state index contributed by atoms with van der Waals surface area (Å²) in [4.78, 5) is 22.7. The summed E-state index contributed by atoms with van der Waals surface area (Å²) in [6, 6.07) is 0.980. The second kappa shape index (κ2) is 2.68. The van der Waals surface area contributed by atoms with Crippen LogP contribution in [0.2, 0.25) is 0 Å². The van der Waals surface area contributed by atoms with Gasteiger partial charge in [-0.05, 0) is 0 Å². The monoisotopic (exact) mass is 153 g/mol. The number of nitrogens with zero attached hydrogens (tertiary/aromatic N) is 2. The molecule has 1 aliphatic heterocycles. The molecule has 1 heterocycles. The van der Waals surface area contributed by atoms with Gasteiger partial charge in [-0.2, -0.15) is 5.26 Å². The first-order valence-electron chi connectivity index (χ1n) is 3.13. The number of carbonyl (C=O) groups excluding carboxylic acids is 2. The van der Waals surface area contributed by atoms with Crippen LogP contribution in [0.3, 0.4) is 0 Å². The molecule has 0 aromatic carbocycles. The Morgan fingerprint density at radius 3 is 2.73 bits per heavy atom. The maximum absolute atomic E-state index is 10.9. The molecule has 0 unspecified atom stereocenters. The van der Waals surface area contributed by atoms with Gasteiger partial charge in [0, 0.05) is 0 Å². The lowest BCUT2D eigenvalue weighted by Crippen LogP contribution is -2.35. The third-order valence-electron chi connectivity index (χ3n) is 1.51. The summed E-state index contributed by atoms with van der Waals surface area (Å²) in [5, 5.41) is 8.21. The summed E-state index contributed by atoms with van der Waals surface area (Å²) in [5.74, 6) is -0.805. The van der Waals surface area contributed by atoms with Crippen LogP contribution >= 0.6 is 0 Å². The fourth-order valence-electron chi connectivity index (χ4n) is 0.946. The van der Waals surface area contributed by atoms with Gasteiger partial charge >= 0.3 is 0 Å². The number of hydrogen-bond acceptors (Lipinski definition) is 4. The van der Waals surface area contributed by atoms with E-state index in [0.29, 0.717) is 0 Å². The lowest BCUT2D eigenvalue weighted by Gasteiger charge is -2.07. The second-order valence-corrected chi connectivity index (χ2v) is 2.29. The highest BCUT2D eigenvalue weighted by Crippen LogP contribution is 2.09. The molecular weight excluding hydrogens is 146 g/mol. The van der Waals surface area contributed by atoms with Crippen molar-refractivity contribution in [3.63, 3.8) is 0 Å². The van der Waals surface area contributed by atoms with Gasteiger partial charge in [0.1, 0.15) is 6.54 Å². The van der Waals surface area contributed by atoms with E-state index in [0.717, 1.165) is 4.90 Å². The Kier molecular flexibility index (Phi) is 1.87. The molecule has 2 N–H and O–H groups in total. The molecule has 2 amide bonds. The molecule has 1 fully saturated rings. The van der Waals surface area contributed by atoms with E-state index in [9.17, 15) is 9.59 Å². The number of imide groups is 1. The molecule has 58 valence electrons. The number of amides is 2. The van der Waals surface area contributed by atoms with Gasteiger partial charge in [0.25, 0.3) is 0 Å². The van der Waals surface area contributed by atoms with Crippen LogP contribution in [0.1, 0.15) is 6.42 Å². The quantitative estimate of drug-likeness (QED) is 0.370. The van der Waals surface area contributed by atoms with E-state index >= 15 is 0 Å². The SMILES string of the molecule is N#CCN1C(=O)C[C@H](N)C1=O. The molecular formula is C6H7N3O2. The third-order valence-corrected chi connectivity index (χ3v) is 1.51. The van der Waals surface area contributed by atoms with Gasteiger partial charge in [-0.15, -0.1) is 0 Å². The minimum atomic E-state index is -0.740. The molecule has 1 aliphatic rings. The van der Waals surface area contributed by atoms with Gasteiger partial charge < -0.3 is 5.73 Å².